The standard InChI is InChI=1S/C23H25N3O/c1-16-21(22(25-27-16)17-10-5-4-6-11-17)23-19(13-9-15-26(2)3)18-12-7-8-14-20(18)24-23/h4-8,10-12,14,24H,9,13,15H2,1-3H3. The van der Waals surface area contributed by atoms with Gasteiger partial charge in [0.2, 0.25) is 0 Å². The number of hydrogen-bond acceptors (Lipinski definition) is 3. The molecule has 2 aromatic heterocycles. The molecule has 4 nitrogen and oxygen atoms in total. The van der Waals surface area contributed by atoms with Gasteiger partial charge in [-0.2, -0.15) is 0 Å². The number of para-hydroxylation sites is 1. The van der Waals surface area contributed by atoms with Crippen LogP contribution in [-0.2, 0) is 6.42 Å². The average molecular weight is 359 g/mol. The predicted molar refractivity (Wildman–Crippen MR) is 111 cm³/mol. The van der Waals surface area contributed by atoms with Crippen LogP contribution in [0, 0.1) is 6.92 Å². The van der Waals surface area contributed by atoms with E-state index in [0.717, 1.165) is 53.2 Å². The van der Waals surface area contributed by atoms with Crippen molar-refractivity contribution in [2.24, 2.45) is 0 Å². The van der Waals surface area contributed by atoms with Gasteiger partial charge in [0.25, 0.3) is 0 Å². The van der Waals surface area contributed by atoms with Crippen molar-refractivity contribution < 1.29 is 4.52 Å². The van der Waals surface area contributed by atoms with Gasteiger partial charge in [-0.3, -0.25) is 0 Å². The highest BCUT2D eigenvalue weighted by Gasteiger charge is 2.22. The van der Waals surface area contributed by atoms with E-state index in [1.54, 1.807) is 0 Å². The van der Waals surface area contributed by atoms with Gasteiger partial charge in [0.05, 0.1) is 11.3 Å². The van der Waals surface area contributed by atoms with Gasteiger partial charge < -0.3 is 14.4 Å². The van der Waals surface area contributed by atoms with Gasteiger partial charge in [-0.15, -0.1) is 0 Å². The number of aromatic nitrogens is 2. The SMILES string of the molecule is Cc1onc(-c2ccccc2)c1-c1[nH]c2ccccc2c1CCCN(C)C. The molecule has 2 aromatic carbocycles. The molecule has 0 aliphatic rings. The van der Waals surface area contributed by atoms with E-state index >= 15 is 0 Å². The summed E-state index contributed by atoms with van der Waals surface area (Å²) in [6.45, 7) is 3.05. The summed E-state index contributed by atoms with van der Waals surface area (Å²) in [6, 6.07) is 18.8. The number of rotatable bonds is 6. The Labute approximate surface area is 159 Å². The molecule has 0 bridgehead atoms. The lowest BCUT2D eigenvalue weighted by Crippen LogP contribution is -2.13. The molecule has 0 fully saturated rings. The molecule has 0 radical (unpaired) electrons. The van der Waals surface area contributed by atoms with Crippen molar-refractivity contribution in [2.75, 3.05) is 20.6 Å². The molecule has 27 heavy (non-hydrogen) atoms. The molecule has 0 amide bonds. The molecule has 0 atom stereocenters. The number of H-pyrrole nitrogens is 1. The molecule has 0 unspecified atom stereocenters. The molecule has 0 saturated heterocycles. The maximum absolute atomic E-state index is 5.62. The van der Waals surface area contributed by atoms with Crippen LogP contribution in [-0.4, -0.2) is 35.7 Å². The first-order valence-electron chi connectivity index (χ1n) is 9.41. The molecular formula is C23H25N3O. The van der Waals surface area contributed by atoms with Gasteiger partial charge in [-0.05, 0) is 52.0 Å². The van der Waals surface area contributed by atoms with Crippen molar-refractivity contribution in [3.05, 3.63) is 65.9 Å². The molecule has 1 N–H and O–H groups in total. The van der Waals surface area contributed by atoms with Crippen molar-refractivity contribution in [1.82, 2.24) is 15.0 Å². The van der Waals surface area contributed by atoms with Crippen LogP contribution in [0.2, 0.25) is 0 Å². The highest BCUT2D eigenvalue weighted by Crippen LogP contribution is 2.38. The van der Waals surface area contributed by atoms with E-state index in [2.05, 4.69) is 65.5 Å². The Morgan fingerprint density at radius 3 is 2.52 bits per heavy atom. The maximum Gasteiger partial charge on any atom is 0.143 e. The lowest BCUT2D eigenvalue weighted by molar-refractivity contribution is 0.399. The monoisotopic (exact) mass is 359 g/mol. The predicted octanol–water partition coefficient (Wildman–Crippen LogP) is 5.29. The van der Waals surface area contributed by atoms with E-state index in [-0.39, 0.29) is 0 Å². The lowest BCUT2D eigenvalue weighted by Gasteiger charge is -2.10. The summed E-state index contributed by atoms with van der Waals surface area (Å²) < 4.78 is 5.62. The van der Waals surface area contributed by atoms with Gasteiger partial charge >= 0.3 is 0 Å². The largest absolute Gasteiger partial charge is 0.360 e. The second kappa shape index (κ2) is 7.41. The molecule has 0 aliphatic heterocycles. The zero-order chi connectivity index (χ0) is 18.8. The number of aryl methyl sites for hydroxylation is 2. The van der Waals surface area contributed by atoms with Gasteiger partial charge in [-0.25, -0.2) is 0 Å². The maximum atomic E-state index is 5.62. The summed E-state index contributed by atoms with van der Waals surface area (Å²) in [5.74, 6) is 0.842. The fourth-order valence-corrected chi connectivity index (χ4v) is 3.70. The Balaban J connectivity index is 1.86. The van der Waals surface area contributed by atoms with Crippen molar-refractivity contribution in [2.45, 2.75) is 19.8 Å². The third-order valence-electron chi connectivity index (χ3n) is 5.01. The Bertz CT molecular complexity index is 1040. The van der Waals surface area contributed by atoms with Crippen LogP contribution in [0.4, 0.5) is 0 Å². The highest BCUT2D eigenvalue weighted by molar-refractivity contribution is 5.94. The quantitative estimate of drug-likeness (QED) is 0.508. The van der Waals surface area contributed by atoms with Crippen LogP contribution in [0.15, 0.2) is 59.1 Å². The van der Waals surface area contributed by atoms with Crippen LogP contribution in [0.5, 0.6) is 0 Å². The van der Waals surface area contributed by atoms with Crippen LogP contribution >= 0.6 is 0 Å². The number of aromatic amines is 1. The van der Waals surface area contributed by atoms with Crippen LogP contribution in [0.1, 0.15) is 17.7 Å². The molecule has 138 valence electrons. The summed E-state index contributed by atoms with van der Waals surface area (Å²) in [5.41, 5.74) is 6.67. The second-order valence-electron chi connectivity index (χ2n) is 7.26. The molecule has 4 rings (SSSR count). The topological polar surface area (TPSA) is 45.1 Å². The molecule has 4 heteroatoms. The normalized spacial score (nSPS) is 11.6. The molecule has 0 saturated carbocycles. The number of nitrogens with zero attached hydrogens (tertiary/aromatic N) is 2. The van der Waals surface area contributed by atoms with Gasteiger partial charge in [-0.1, -0.05) is 53.7 Å². The summed E-state index contributed by atoms with van der Waals surface area (Å²) >= 11 is 0. The fourth-order valence-electron chi connectivity index (χ4n) is 3.70. The first-order chi connectivity index (χ1) is 13.1. The van der Waals surface area contributed by atoms with Crippen LogP contribution in [0.25, 0.3) is 33.4 Å². The van der Waals surface area contributed by atoms with E-state index in [9.17, 15) is 0 Å². The Morgan fingerprint density at radius 2 is 1.74 bits per heavy atom. The molecule has 4 aromatic rings. The summed E-state index contributed by atoms with van der Waals surface area (Å²) in [7, 11) is 4.24. The van der Waals surface area contributed by atoms with Crippen LogP contribution in [0.3, 0.4) is 0 Å². The third-order valence-corrected chi connectivity index (χ3v) is 5.01. The minimum atomic E-state index is 0.842. The first-order valence-corrected chi connectivity index (χ1v) is 9.41. The minimum Gasteiger partial charge on any atom is -0.360 e. The highest BCUT2D eigenvalue weighted by atomic mass is 16.5. The van der Waals surface area contributed by atoms with Crippen molar-refractivity contribution in [3.63, 3.8) is 0 Å². The van der Waals surface area contributed by atoms with Crippen molar-refractivity contribution >= 4 is 10.9 Å². The van der Waals surface area contributed by atoms with E-state index in [0.29, 0.717) is 0 Å². The fraction of sp³-hybridized carbons (Fsp3) is 0.261. The minimum absolute atomic E-state index is 0.842. The summed E-state index contributed by atoms with van der Waals surface area (Å²) in [5, 5.41) is 5.66. The van der Waals surface area contributed by atoms with Crippen molar-refractivity contribution in [3.8, 4) is 22.5 Å². The molecule has 2 heterocycles. The number of hydrogen-bond donors (Lipinski definition) is 1. The third kappa shape index (κ3) is 3.40. The molecule has 0 aliphatic carbocycles. The number of fused-ring (bicyclic) bond motifs is 1. The van der Waals surface area contributed by atoms with Crippen molar-refractivity contribution in [1.29, 1.82) is 0 Å². The smallest absolute Gasteiger partial charge is 0.143 e. The zero-order valence-corrected chi connectivity index (χ0v) is 16.1. The molecule has 0 spiro atoms. The summed E-state index contributed by atoms with van der Waals surface area (Å²) in [4.78, 5) is 5.87. The van der Waals surface area contributed by atoms with Gasteiger partial charge in [0.15, 0.2) is 0 Å². The number of benzene rings is 2. The Hall–Kier alpha value is -2.85. The van der Waals surface area contributed by atoms with E-state index in [1.807, 2.05) is 25.1 Å². The van der Waals surface area contributed by atoms with Gasteiger partial charge in [0, 0.05) is 16.5 Å². The Morgan fingerprint density at radius 1 is 1.00 bits per heavy atom. The van der Waals surface area contributed by atoms with E-state index in [4.69, 9.17) is 4.52 Å². The van der Waals surface area contributed by atoms with E-state index < -0.39 is 0 Å². The second-order valence-corrected chi connectivity index (χ2v) is 7.26. The first kappa shape index (κ1) is 17.6. The molecular weight excluding hydrogens is 334 g/mol. The number of nitrogens with one attached hydrogen (secondary N) is 1. The average Bonchev–Trinajstić information content (AvgIpc) is 3.23. The van der Waals surface area contributed by atoms with E-state index in [1.165, 1.54) is 10.9 Å². The Kier molecular flexibility index (Phi) is 4.82. The van der Waals surface area contributed by atoms with Crippen LogP contribution < -0.4 is 0 Å². The van der Waals surface area contributed by atoms with Gasteiger partial charge in [0.1, 0.15) is 11.5 Å². The lowest BCUT2D eigenvalue weighted by atomic mass is 9.97. The zero-order valence-electron chi connectivity index (χ0n) is 16.1. The summed E-state index contributed by atoms with van der Waals surface area (Å²) in [6.07, 6.45) is 2.11.